The summed E-state index contributed by atoms with van der Waals surface area (Å²) in [5, 5.41) is 9.98. The van der Waals surface area contributed by atoms with Crippen LogP contribution < -0.4 is 0 Å². The molecule has 1 nitrogen and oxygen atoms in total. The van der Waals surface area contributed by atoms with Gasteiger partial charge in [0, 0.05) is 4.47 Å². The van der Waals surface area contributed by atoms with Gasteiger partial charge in [0.2, 0.25) is 0 Å². The predicted molar refractivity (Wildman–Crippen MR) is 79.6 cm³/mol. The quantitative estimate of drug-likeness (QED) is 0.808. The second-order valence-corrected chi connectivity index (χ2v) is 5.36. The standard InChI is InChI=1S/C16H12BrF3O/c17-13-8-6-11(7-9-13)14(16(18,19)20)10-15(21)12-4-2-1-3-5-12/h1-10,15,21H/b14-10+. The van der Waals surface area contributed by atoms with Gasteiger partial charge in [-0.05, 0) is 29.3 Å². The van der Waals surface area contributed by atoms with Crippen LogP contribution in [-0.2, 0) is 0 Å². The van der Waals surface area contributed by atoms with E-state index in [4.69, 9.17) is 0 Å². The molecular formula is C16H12BrF3O. The van der Waals surface area contributed by atoms with Crippen molar-refractivity contribution in [3.63, 3.8) is 0 Å². The number of halogens is 4. The third kappa shape index (κ3) is 4.19. The van der Waals surface area contributed by atoms with Crippen molar-refractivity contribution in [2.24, 2.45) is 0 Å². The maximum absolute atomic E-state index is 13.2. The van der Waals surface area contributed by atoms with Crippen LogP contribution in [0.25, 0.3) is 5.57 Å². The molecule has 0 aliphatic heterocycles. The van der Waals surface area contributed by atoms with Crippen LogP contribution in [0.15, 0.2) is 65.1 Å². The lowest BCUT2D eigenvalue weighted by Gasteiger charge is -2.15. The van der Waals surface area contributed by atoms with Crippen LogP contribution in [0.2, 0.25) is 0 Å². The van der Waals surface area contributed by atoms with Crippen LogP contribution in [0.5, 0.6) is 0 Å². The first kappa shape index (κ1) is 15.8. The van der Waals surface area contributed by atoms with E-state index >= 15 is 0 Å². The summed E-state index contributed by atoms with van der Waals surface area (Å²) in [7, 11) is 0. The van der Waals surface area contributed by atoms with E-state index in [9.17, 15) is 18.3 Å². The Hall–Kier alpha value is -1.59. The molecule has 0 bridgehead atoms. The third-order valence-electron chi connectivity index (χ3n) is 2.93. The summed E-state index contributed by atoms with van der Waals surface area (Å²) in [6.07, 6.45) is -5.02. The van der Waals surface area contributed by atoms with Gasteiger partial charge in [-0.15, -0.1) is 0 Å². The van der Waals surface area contributed by atoms with Crippen molar-refractivity contribution >= 4 is 21.5 Å². The summed E-state index contributed by atoms with van der Waals surface area (Å²) < 4.78 is 40.3. The Bertz CT molecular complexity index is 618. The molecule has 0 saturated carbocycles. The molecule has 0 spiro atoms. The first-order chi connectivity index (χ1) is 9.88. The molecule has 2 rings (SSSR count). The van der Waals surface area contributed by atoms with Gasteiger partial charge in [0.05, 0.1) is 11.7 Å². The number of hydrogen-bond acceptors (Lipinski definition) is 1. The first-order valence-corrected chi connectivity index (χ1v) is 6.95. The highest BCUT2D eigenvalue weighted by atomic mass is 79.9. The van der Waals surface area contributed by atoms with E-state index in [2.05, 4.69) is 15.9 Å². The van der Waals surface area contributed by atoms with Crippen molar-refractivity contribution in [3.8, 4) is 0 Å². The lowest BCUT2D eigenvalue weighted by molar-refractivity contribution is -0.0695. The average molecular weight is 357 g/mol. The highest BCUT2D eigenvalue weighted by Crippen LogP contribution is 2.36. The highest BCUT2D eigenvalue weighted by molar-refractivity contribution is 9.10. The second-order valence-electron chi connectivity index (χ2n) is 4.44. The van der Waals surface area contributed by atoms with Crippen molar-refractivity contribution in [2.75, 3.05) is 0 Å². The SMILES string of the molecule is OC(/C=C(\c1ccc(Br)cc1)C(F)(F)F)c1ccccc1. The smallest absolute Gasteiger partial charge is 0.384 e. The molecule has 2 aromatic carbocycles. The minimum Gasteiger partial charge on any atom is -0.384 e. The second kappa shape index (κ2) is 6.45. The lowest BCUT2D eigenvalue weighted by atomic mass is 10.0. The number of alkyl halides is 3. The summed E-state index contributed by atoms with van der Waals surface area (Å²) in [5.41, 5.74) is -0.427. The topological polar surface area (TPSA) is 20.2 Å². The van der Waals surface area contributed by atoms with Crippen molar-refractivity contribution in [1.29, 1.82) is 0 Å². The number of benzene rings is 2. The maximum Gasteiger partial charge on any atom is 0.416 e. The van der Waals surface area contributed by atoms with Crippen molar-refractivity contribution < 1.29 is 18.3 Å². The predicted octanol–water partition coefficient (Wildman–Crippen LogP) is 5.13. The zero-order chi connectivity index (χ0) is 15.5. The van der Waals surface area contributed by atoms with E-state index in [1.807, 2.05) is 0 Å². The van der Waals surface area contributed by atoms with Crippen LogP contribution >= 0.6 is 15.9 Å². The molecule has 0 aliphatic rings. The fourth-order valence-corrected chi connectivity index (χ4v) is 2.15. The van der Waals surface area contributed by atoms with Crippen LogP contribution in [-0.4, -0.2) is 11.3 Å². The van der Waals surface area contributed by atoms with E-state index in [-0.39, 0.29) is 5.56 Å². The average Bonchev–Trinajstić information content (AvgIpc) is 2.45. The van der Waals surface area contributed by atoms with Gasteiger partial charge in [0.25, 0.3) is 0 Å². The Labute approximate surface area is 128 Å². The molecule has 2 aromatic rings. The minimum atomic E-state index is -4.54. The van der Waals surface area contributed by atoms with Crippen LogP contribution in [0.1, 0.15) is 17.2 Å². The molecule has 1 atom stereocenters. The number of allylic oxidation sites excluding steroid dienone is 1. The molecule has 0 saturated heterocycles. The largest absolute Gasteiger partial charge is 0.416 e. The zero-order valence-electron chi connectivity index (χ0n) is 10.8. The van der Waals surface area contributed by atoms with Crippen LogP contribution in [0, 0.1) is 0 Å². The Kier molecular flexibility index (Phi) is 4.85. The number of rotatable bonds is 3. The van der Waals surface area contributed by atoms with Crippen molar-refractivity contribution in [1.82, 2.24) is 0 Å². The molecule has 110 valence electrons. The Morgan fingerprint density at radius 3 is 2.10 bits per heavy atom. The Balaban J connectivity index is 2.41. The minimum absolute atomic E-state index is 0.0145. The van der Waals surface area contributed by atoms with Crippen molar-refractivity contribution in [2.45, 2.75) is 12.3 Å². The summed E-state index contributed by atoms with van der Waals surface area (Å²) in [4.78, 5) is 0. The normalized spacial score (nSPS) is 14.0. The molecule has 21 heavy (non-hydrogen) atoms. The van der Waals surface area contributed by atoms with E-state index in [0.29, 0.717) is 10.0 Å². The van der Waals surface area contributed by atoms with Gasteiger partial charge in [-0.2, -0.15) is 13.2 Å². The van der Waals surface area contributed by atoms with Crippen molar-refractivity contribution in [3.05, 3.63) is 76.3 Å². The van der Waals surface area contributed by atoms with Crippen LogP contribution in [0.3, 0.4) is 0 Å². The Morgan fingerprint density at radius 2 is 1.57 bits per heavy atom. The summed E-state index contributed by atoms with van der Waals surface area (Å²) in [6.45, 7) is 0. The molecule has 1 unspecified atom stereocenters. The van der Waals surface area contributed by atoms with Gasteiger partial charge >= 0.3 is 6.18 Å². The first-order valence-electron chi connectivity index (χ1n) is 6.16. The fraction of sp³-hybridized carbons (Fsp3) is 0.125. The summed E-state index contributed by atoms with van der Waals surface area (Å²) >= 11 is 3.18. The molecular weight excluding hydrogens is 345 g/mol. The van der Waals surface area contributed by atoms with E-state index in [0.717, 1.165) is 6.08 Å². The van der Waals surface area contributed by atoms with Gasteiger partial charge in [0.1, 0.15) is 0 Å². The third-order valence-corrected chi connectivity index (χ3v) is 3.45. The fourth-order valence-electron chi connectivity index (χ4n) is 1.89. The number of aliphatic hydroxyl groups is 1. The molecule has 0 aromatic heterocycles. The van der Waals surface area contributed by atoms with Gasteiger partial charge in [0.15, 0.2) is 0 Å². The highest BCUT2D eigenvalue weighted by Gasteiger charge is 2.35. The van der Waals surface area contributed by atoms with Gasteiger partial charge in [-0.1, -0.05) is 58.4 Å². The van der Waals surface area contributed by atoms with Gasteiger partial charge < -0.3 is 5.11 Å². The van der Waals surface area contributed by atoms with E-state index in [1.165, 1.54) is 24.3 Å². The number of aliphatic hydroxyl groups excluding tert-OH is 1. The molecule has 0 radical (unpaired) electrons. The molecule has 0 heterocycles. The number of hydrogen-bond donors (Lipinski definition) is 1. The summed E-state index contributed by atoms with van der Waals surface area (Å²) in [5.74, 6) is 0. The monoisotopic (exact) mass is 356 g/mol. The van der Waals surface area contributed by atoms with E-state index < -0.39 is 17.9 Å². The molecule has 0 amide bonds. The Morgan fingerprint density at radius 1 is 1.00 bits per heavy atom. The molecule has 5 heteroatoms. The van der Waals surface area contributed by atoms with Crippen LogP contribution in [0.4, 0.5) is 13.2 Å². The summed E-state index contributed by atoms with van der Waals surface area (Å²) in [6, 6.07) is 14.0. The van der Waals surface area contributed by atoms with Gasteiger partial charge in [-0.25, -0.2) is 0 Å². The van der Waals surface area contributed by atoms with Gasteiger partial charge in [-0.3, -0.25) is 0 Å². The zero-order valence-corrected chi connectivity index (χ0v) is 12.4. The lowest BCUT2D eigenvalue weighted by Crippen LogP contribution is -2.12. The molecule has 0 aliphatic carbocycles. The molecule has 1 N–H and O–H groups in total. The maximum atomic E-state index is 13.2. The van der Waals surface area contributed by atoms with E-state index in [1.54, 1.807) is 30.3 Å². The molecule has 0 fully saturated rings.